The Kier molecular flexibility index (Phi) is 3.09. The Labute approximate surface area is 118 Å². The average Bonchev–Trinajstić information content (AvgIpc) is 2.94. The highest BCUT2D eigenvalue weighted by Crippen LogP contribution is 2.43. The van der Waals surface area contributed by atoms with Crippen LogP contribution in [0.4, 0.5) is 5.69 Å². The normalized spacial score (nSPS) is 29.9. The Morgan fingerprint density at radius 3 is 2.74 bits per heavy atom. The van der Waals surface area contributed by atoms with Crippen LogP contribution in [0.25, 0.3) is 0 Å². The Morgan fingerprint density at radius 1 is 1.42 bits per heavy atom. The number of nitrogens with zero attached hydrogens (tertiary/aromatic N) is 2. The van der Waals surface area contributed by atoms with E-state index in [-0.39, 0.29) is 5.54 Å². The smallest absolute Gasteiger partial charge is 0.196 e. The van der Waals surface area contributed by atoms with E-state index in [4.69, 9.17) is 10.5 Å². The van der Waals surface area contributed by atoms with Crippen LogP contribution in [0.2, 0.25) is 0 Å². The largest absolute Gasteiger partial charge is 0.497 e. The fourth-order valence-electron chi connectivity index (χ4n) is 2.97. The number of rotatable bonds is 2. The minimum Gasteiger partial charge on any atom is -0.497 e. The van der Waals surface area contributed by atoms with Crippen molar-refractivity contribution in [2.24, 2.45) is 10.7 Å². The predicted molar refractivity (Wildman–Crippen MR) is 81.2 cm³/mol. The molecule has 2 aliphatic rings. The molecule has 3 rings (SSSR count). The van der Waals surface area contributed by atoms with Crippen LogP contribution in [0.5, 0.6) is 5.75 Å². The van der Waals surface area contributed by atoms with Crippen LogP contribution >= 0.6 is 11.8 Å². The molecule has 19 heavy (non-hydrogen) atoms. The summed E-state index contributed by atoms with van der Waals surface area (Å²) >= 11 is 2.01. The van der Waals surface area contributed by atoms with Crippen molar-refractivity contribution in [2.75, 3.05) is 24.3 Å². The van der Waals surface area contributed by atoms with Gasteiger partial charge in [-0.1, -0.05) is 6.92 Å². The minimum atomic E-state index is 0.0722. The van der Waals surface area contributed by atoms with Gasteiger partial charge in [0.15, 0.2) is 5.96 Å². The van der Waals surface area contributed by atoms with E-state index < -0.39 is 0 Å². The van der Waals surface area contributed by atoms with Crippen molar-refractivity contribution >= 4 is 23.4 Å². The van der Waals surface area contributed by atoms with E-state index in [0.29, 0.717) is 11.2 Å². The van der Waals surface area contributed by atoms with Gasteiger partial charge in [-0.05, 0) is 30.7 Å². The first-order valence-electron chi connectivity index (χ1n) is 6.50. The summed E-state index contributed by atoms with van der Waals surface area (Å²) in [5.41, 5.74) is 7.29. The van der Waals surface area contributed by atoms with Crippen LogP contribution in [0.15, 0.2) is 29.3 Å². The lowest BCUT2D eigenvalue weighted by molar-refractivity contribution is 0.414. The van der Waals surface area contributed by atoms with Crippen molar-refractivity contribution in [3.63, 3.8) is 0 Å². The summed E-state index contributed by atoms with van der Waals surface area (Å²) in [6.07, 6.45) is 1.13. The highest BCUT2D eigenvalue weighted by Gasteiger charge is 2.47. The molecule has 0 radical (unpaired) electrons. The first kappa shape index (κ1) is 12.7. The summed E-state index contributed by atoms with van der Waals surface area (Å²) < 4.78 is 5.21. The van der Waals surface area contributed by atoms with Gasteiger partial charge in [-0.3, -0.25) is 4.99 Å². The maximum absolute atomic E-state index is 6.12. The molecule has 1 fully saturated rings. The third-order valence-electron chi connectivity index (χ3n) is 3.87. The molecule has 2 heterocycles. The Morgan fingerprint density at radius 2 is 2.16 bits per heavy atom. The molecule has 1 aromatic rings. The molecule has 2 atom stereocenters. The zero-order valence-electron chi connectivity index (χ0n) is 11.3. The number of methoxy groups -OCH3 is 1. The number of aliphatic imine (C=N–C) groups is 1. The van der Waals surface area contributed by atoms with Gasteiger partial charge in [0.25, 0.3) is 0 Å². The number of nitrogens with two attached hydrogens (primary N) is 1. The van der Waals surface area contributed by atoms with Gasteiger partial charge in [-0.25, -0.2) is 0 Å². The third kappa shape index (κ3) is 2.06. The second kappa shape index (κ2) is 4.63. The zero-order valence-corrected chi connectivity index (χ0v) is 12.1. The van der Waals surface area contributed by atoms with E-state index in [1.165, 1.54) is 0 Å². The fourth-order valence-corrected chi connectivity index (χ4v) is 4.33. The summed E-state index contributed by atoms with van der Waals surface area (Å²) in [6.45, 7) is 3.09. The first-order chi connectivity index (χ1) is 9.14. The van der Waals surface area contributed by atoms with Gasteiger partial charge in [-0.2, -0.15) is 11.8 Å². The molecule has 1 saturated heterocycles. The minimum absolute atomic E-state index is 0.0722. The molecule has 2 unspecified atom stereocenters. The molecular weight excluding hydrogens is 258 g/mol. The van der Waals surface area contributed by atoms with Crippen molar-refractivity contribution in [1.29, 1.82) is 0 Å². The number of guanidine groups is 1. The van der Waals surface area contributed by atoms with Gasteiger partial charge in [0.1, 0.15) is 5.75 Å². The Hall–Kier alpha value is -1.36. The molecule has 5 heteroatoms. The summed E-state index contributed by atoms with van der Waals surface area (Å²) in [5, 5.41) is 0.668. The molecule has 0 saturated carbocycles. The Bertz CT molecular complexity index is 502. The van der Waals surface area contributed by atoms with Gasteiger partial charge in [0, 0.05) is 16.7 Å². The van der Waals surface area contributed by atoms with E-state index in [9.17, 15) is 0 Å². The van der Waals surface area contributed by atoms with Crippen molar-refractivity contribution in [3.05, 3.63) is 24.3 Å². The maximum atomic E-state index is 6.12. The molecule has 0 aromatic heterocycles. The van der Waals surface area contributed by atoms with E-state index in [0.717, 1.165) is 30.2 Å². The molecular formula is C14H19N3OS. The number of ether oxygens (including phenoxy) is 1. The second-order valence-electron chi connectivity index (χ2n) is 5.26. The van der Waals surface area contributed by atoms with Gasteiger partial charge in [0.05, 0.1) is 19.2 Å². The molecule has 0 aliphatic carbocycles. The number of hydrogen-bond acceptors (Lipinski definition) is 5. The fraction of sp³-hybridized carbons (Fsp3) is 0.500. The molecule has 2 aliphatic heterocycles. The van der Waals surface area contributed by atoms with E-state index in [1.807, 2.05) is 23.9 Å². The maximum Gasteiger partial charge on any atom is 0.196 e. The Balaban J connectivity index is 1.93. The quantitative estimate of drug-likeness (QED) is 0.899. The molecule has 0 amide bonds. The van der Waals surface area contributed by atoms with Gasteiger partial charge < -0.3 is 15.4 Å². The van der Waals surface area contributed by atoms with E-state index >= 15 is 0 Å². The van der Waals surface area contributed by atoms with Crippen LogP contribution < -0.4 is 15.4 Å². The number of hydrogen-bond donors (Lipinski definition) is 1. The second-order valence-corrected chi connectivity index (χ2v) is 6.68. The monoisotopic (exact) mass is 277 g/mol. The SMILES string of the molecule is COc1ccc(N2C(N)=NCC23CSC(C)C3)cc1. The van der Waals surface area contributed by atoms with Crippen molar-refractivity contribution in [2.45, 2.75) is 24.1 Å². The number of thioether (sulfide) groups is 1. The van der Waals surface area contributed by atoms with Crippen LogP contribution in [0, 0.1) is 0 Å². The standard InChI is InChI=1S/C14H19N3OS/c1-10-7-14(9-19-10)8-16-13(15)17(14)11-3-5-12(18-2)6-4-11/h3-6,10H,7-9H2,1-2H3,(H2,15,16). The van der Waals surface area contributed by atoms with Crippen molar-refractivity contribution in [1.82, 2.24) is 0 Å². The van der Waals surface area contributed by atoms with Crippen LogP contribution in [-0.2, 0) is 0 Å². The van der Waals surface area contributed by atoms with E-state index in [2.05, 4.69) is 28.9 Å². The molecule has 0 bridgehead atoms. The molecule has 1 spiro atoms. The lowest BCUT2D eigenvalue weighted by Crippen LogP contribution is -2.52. The summed E-state index contributed by atoms with van der Waals surface area (Å²) in [5.74, 6) is 2.59. The van der Waals surface area contributed by atoms with Crippen LogP contribution in [0.3, 0.4) is 0 Å². The number of benzene rings is 1. The topological polar surface area (TPSA) is 50.9 Å². The molecule has 4 nitrogen and oxygen atoms in total. The molecule has 1 aromatic carbocycles. The molecule has 102 valence electrons. The number of anilines is 1. The highest BCUT2D eigenvalue weighted by molar-refractivity contribution is 8.00. The van der Waals surface area contributed by atoms with Gasteiger partial charge >= 0.3 is 0 Å². The lowest BCUT2D eigenvalue weighted by Gasteiger charge is -2.35. The van der Waals surface area contributed by atoms with Crippen molar-refractivity contribution < 1.29 is 4.74 Å². The van der Waals surface area contributed by atoms with Gasteiger partial charge in [0.2, 0.25) is 0 Å². The van der Waals surface area contributed by atoms with E-state index in [1.54, 1.807) is 7.11 Å². The molecule has 2 N–H and O–H groups in total. The highest BCUT2D eigenvalue weighted by atomic mass is 32.2. The van der Waals surface area contributed by atoms with Crippen LogP contribution in [-0.4, -0.2) is 36.2 Å². The van der Waals surface area contributed by atoms with Crippen LogP contribution in [0.1, 0.15) is 13.3 Å². The summed E-state index contributed by atoms with van der Waals surface area (Å²) in [4.78, 5) is 6.69. The summed E-state index contributed by atoms with van der Waals surface area (Å²) in [7, 11) is 1.68. The zero-order chi connectivity index (χ0) is 13.5. The van der Waals surface area contributed by atoms with Crippen molar-refractivity contribution in [3.8, 4) is 5.75 Å². The third-order valence-corrected chi connectivity index (χ3v) is 5.31. The predicted octanol–water partition coefficient (Wildman–Crippen LogP) is 2.09. The lowest BCUT2D eigenvalue weighted by atomic mass is 9.94. The average molecular weight is 277 g/mol. The van der Waals surface area contributed by atoms with Gasteiger partial charge in [-0.15, -0.1) is 0 Å². The first-order valence-corrected chi connectivity index (χ1v) is 7.55. The summed E-state index contributed by atoms with van der Waals surface area (Å²) in [6, 6.07) is 8.06.